The summed E-state index contributed by atoms with van der Waals surface area (Å²) in [5.74, 6) is 0.0367. The second-order valence-electron chi connectivity index (χ2n) is 6.01. The van der Waals surface area contributed by atoms with Gasteiger partial charge in [0.25, 0.3) is 0 Å². The molecule has 1 aromatic rings. The number of sulfonamides is 1. The molecule has 122 valence electrons. The molecule has 3 fully saturated rings. The first-order chi connectivity index (χ1) is 10.5. The number of fused-ring (bicyclic) bond motifs is 4. The first kappa shape index (κ1) is 15.9. The summed E-state index contributed by atoms with van der Waals surface area (Å²) in [5, 5.41) is 1.94. The number of carbonyl (C=O) groups excluding carboxylic acids is 1. The van der Waals surface area contributed by atoms with E-state index in [2.05, 4.69) is 4.98 Å². The molecule has 8 heteroatoms. The smallest absolute Gasteiger partial charge is 0.227 e. The molecule has 1 aromatic heterocycles. The van der Waals surface area contributed by atoms with Crippen LogP contribution in [0.2, 0.25) is 0 Å². The van der Waals surface area contributed by atoms with Crippen molar-refractivity contribution in [2.24, 2.45) is 5.92 Å². The molecule has 4 heterocycles. The van der Waals surface area contributed by atoms with Gasteiger partial charge in [-0.2, -0.15) is 4.31 Å². The molecule has 3 saturated heterocycles. The van der Waals surface area contributed by atoms with Gasteiger partial charge < -0.3 is 4.90 Å². The van der Waals surface area contributed by atoms with Gasteiger partial charge in [-0.25, -0.2) is 13.4 Å². The van der Waals surface area contributed by atoms with E-state index in [1.807, 2.05) is 17.2 Å². The van der Waals surface area contributed by atoms with E-state index in [1.54, 1.807) is 5.51 Å². The van der Waals surface area contributed by atoms with Gasteiger partial charge in [-0.15, -0.1) is 11.3 Å². The third-order valence-corrected chi connectivity index (χ3v) is 7.08. The Morgan fingerprint density at radius 1 is 1.36 bits per heavy atom. The summed E-state index contributed by atoms with van der Waals surface area (Å²) in [6.07, 6.45) is 2.26. The van der Waals surface area contributed by atoms with Gasteiger partial charge in [0.2, 0.25) is 15.9 Å². The fourth-order valence-corrected chi connectivity index (χ4v) is 5.44. The largest absolute Gasteiger partial charge is 0.332 e. The van der Waals surface area contributed by atoms with Crippen molar-refractivity contribution in [1.29, 1.82) is 0 Å². The normalized spacial score (nSPS) is 26.4. The molecule has 1 amide bonds. The summed E-state index contributed by atoms with van der Waals surface area (Å²) >= 11 is 1.51. The van der Waals surface area contributed by atoms with Crippen LogP contribution in [0.3, 0.4) is 0 Å². The lowest BCUT2D eigenvalue weighted by Crippen LogP contribution is -2.47. The van der Waals surface area contributed by atoms with Gasteiger partial charge in [-0.05, 0) is 19.3 Å². The third-order valence-electron chi connectivity index (χ3n) is 4.43. The van der Waals surface area contributed by atoms with Crippen molar-refractivity contribution in [2.45, 2.75) is 38.8 Å². The van der Waals surface area contributed by atoms with Crippen molar-refractivity contribution < 1.29 is 13.2 Å². The number of aromatic nitrogens is 1. The van der Waals surface area contributed by atoms with Gasteiger partial charge in [0, 0.05) is 24.5 Å². The van der Waals surface area contributed by atoms with Crippen molar-refractivity contribution in [1.82, 2.24) is 14.2 Å². The molecule has 4 rings (SSSR count). The van der Waals surface area contributed by atoms with Crippen LogP contribution in [-0.2, 0) is 21.4 Å². The Morgan fingerprint density at radius 3 is 2.86 bits per heavy atom. The van der Waals surface area contributed by atoms with Crippen molar-refractivity contribution in [3.05, 3.63) is 16.6 Å². The van der Waals surface area contributed by atoms with Gasteiger partial charge in [-0.3, -0.25) is 4.79 Å². The van der Waals surface area contributed by atoms with Crippen LogP contribution in [-0.4, -0.2) is 53.4 Å². The Balaban J connectivity index is 1.81. The van der Waals surface area contributed by atoms with Crippen molar-refractivity contribution in [3.63, 3.8) is 0 Å². The predicted molar refractivity (Wildman–Crippen MR) is 84.8 cm³/mol. The number of thiazole rings is 1. The molecule has 0 saturated carbocycles. The number of carbonyl (C=O) groups is 1. The zero-order valence-corrected chi connectivity index (χ0v) is 14.3. The van der Waals surface area contributed by atoms with Crippen LogP contribution in [0, 0.1) is 5.92 Å². The summed E-state index contributed by atoms with van der Waals surface area (Å²) in [4.78, 5) is 18.7. The number of rotatable bonds is 5. The SMILES string of the molecule is CCCS(=O)(=O)N1C[C@H]2CC[C@@H](C1)N(Cc1cscn1)C2=O. The van der Waals surface area contributed by atoms with Gasteiger partial charge in [0.05, 0.1) is 29.4 Å². The van der Waals surface area contributed by atoms with Gasteiger partial charge in [-0.1, -0.05) is 6.92 Å². The monoisotopic (exact) mass is 343 g/mol. The van der Waals surface area contributed by atoms with E-state index in [0.29, 0.717) is 26.1 Å². The Morgan fingerprint density at radius 2 is 2.18 bits per heavy atom. The lowest BCUT2D eigenvalue weighted by molar-refractivity contribution is -0.140. The first-order valence-electron chi connectivity index (χ1n) is 7.66. The average molecular weight is 343 g/mol. The van der Waals surface area contributed by atoms with Gasteiger partial charge in [0.1, 0.15) is 0 Å². The van der Waals surface area contributed by atoms with Crippen LogP contribution in [0.4, 0.5) is 0 Å². The first-order valence-corrected chi connectivity index (χ1v) is 10.2. The van der Waals surface area contributed by atoms with E-state index < -0.39 is 10.0 Å². The molecule has 0 N–H and O–H groups in total. The average Bonchev–Trinajstić information content (AvgIpc) is 2.82. The van der Waals surface area contributed by atoms with Crippen LogP contribution in [0.15, 0.2) is 10.9 Å². The second-order valence-corrected chi connectivity index (χ2v) is 8.81. The molecular formula is C14H21N3O3S2. The highest BCUT2D eigenvalue weighted by Crippen LogP contribution is 2.31. The quantitative estimate of drug-likeness (QED) is 0.808. The minimum Gasteiger partial charge on any atom is -0.332 e. The molecule has 2 bridgehead atoms. The van der Waals surface area contributed by atoms with E-state index >= 15 is 0 Å². The molecule has 0 aromatic carbocycles. The van der Waals surface area contributed by atoms with Crippen molar-refractivity contribution in [2.75, 3.05) is 18.8 Å². The molecular weight excluding hydrogens is 322 g/mol. The minimum absolute atomic E-state index is 0.0282. The minimum atomic E-state index is -3.25. The summed E-state index contributed by atoms with van der Waals surface area (Å²) in [5.41, 5.74) is 2.64. The highest BCUT2D eigenvalue weighted by Gasteiger charge is 2.43. The van der Waals surface area contributed by atoms with Crippen LogP contribution in [0.5, 0.6) is 0 Å². The molecule has 0 spiro atoms. The van der Waals surface area contributed by atoms with E-state index in [0.717, 1.165) is 18.5 Å². The van der Waals surface area contributed by atoms with Crippen molar-refractivity contribution in [3.8, 4) is 0 Å². The van der Waals surface area contributed by atoms with Crippen LogP contribution >= 0.6 is 11.3 Å². The number of hydrogen-bond acceptors (Lipinski definition) is 5. The van der Waals surface area contributed by atoms with Crippen LogP contribution in [0.25, 0.3) is 0 Å². The van der Waals surface area contributed by atoms with Crippen LogP contribution < -0.4 is 0 Å². The Labute approximate surface area is 135 Å². The predicted octanol–water partition coefficient (Wildman–Crippen LogP) is 1.31. The standard InChI is InChI=1S/C14H21N3O3S2/c1-2-5-22(19,20)16-6-11-3-4-13(8-16)17(14(11)18)7-12-9-21-10-15-12/h9-11,13H,2-8H2,1H3/t11-,13+/m1/s1. The Hall–Kier alpha value is -0.990. The molecule has 6 nitrogen and oxygen atoms in total. The highest BCUT2D eigenvalue weighted by molar-refractivity contribution is 7.89. The third kappa shape index (κ3) is 3.04. The zero-order valence-electron chi connectivity index (χ0n) is 12.6. The topological polar surface area (TPSA) is 70.6 Å². The molecule has 0 radical (unpaired) electrons. The molecule has 0 unspecified atom stereocenters. The zero-order chi connectivity index (χ0) is 15.7. The molecule has 22 heavy (non-hydrogen) atoms. The highest BCUT2D eigenvalue weighted by atomic mass is 32.2. The Kier molecular flexibility index (Phi) is 4.52. The number of hydrogen-bond donors (Lipinski definition) is 0. The van der Waals surface area contributed by atoms with Crippen molar-refractivity contribution >= 4 is 27.3 Å². The fraction of sp³-hybridized carbons (Fsp3) is 0.714. The van der Waals surface area contributed by atoms with E-state index in [9.17, 15) is 13.2 Å². The lowest BCUT2D eigenvalue weighted by Gasteiger charge is -2.35. The van der Waals surface area contributed by atoms with E-state index in [1.165, 1.54) is 15.6 Å². The van der Waals surface area contributed by atoms with Gasteiger partial charge in [0.15, 0.2) is 0 Å². The molecule has 0 aliphatic carbocycles. The summed E-state index contributed by atoms with van der Waals surface area (Å²) in [6, 6.07) is -0.0282. The molecule has 2 atom stereocenters. The Bertz CT molecular complexity index is 630. The lowest BCUT2D eigenvalue weighted by atomic mass is 9.94. The molecule has 3 aliphatic heterocycles. The number of nitrogens with zero attached hydrogens (tertiary/aromatic N) is 3. The molecule has 3 aliphatic rings. The van der Waals surface area contributed by atoms with Crippen LogP contribution in [0.1, 0.15) is 31.9 Å². The van der Waals surface area contributed by atoms with E-state index in [4.69, 9.17) is 0 Å². The summed E-state index contributed by atoms with van der Waals surface area (Å²) in [6.45, 7) is 3.12. The maximum Gasteiger partial charge on any atom is 0.227 e. The summed E-state index contributed by atoms with van der Waals surface area (Å²) in [7, 11) is -3.25. The number of amides is 1. The van der Waals surface area contributed by atoms with Gasteiger partial charge >= 0.3 is 0 Å². The maximum absolute atomic E-state index is 12.6. The van der Waals surface area contributed by atoms with E-state index in [-0.39, 0.29) is 23.6 Å². The second kappa shape index (κ2) is 6.25. The maximum atomic E-state index is 12.6. The fourth-order valence-electron chi connectivity index (χ4n) is 3.31. The summed E-state index contributed by atoms with van der Waals surface area (Å²) < 4.78 is 26.3. The number of piperidine rings is 1.